The number of amides is 1. The van der Waals surface area contributed by atoms with Crippen LogP contribution in [0.5, 0.6) is 0 Å². The van der Waals surface area contributed by atoms with Crippen LogP contribution in [0, 0.1) is 15.9 Å². The Bertz CT molecular complexity index is 1020. The van der Waals surface area contributed by atoms with E-state index in [0.717, 1.165) is 22.8 Å². The minimum atomic E-state index is -0.884. The number of hydrogen-bond donors (Lipinski definition) is 1. The Hall–Kier alpha value is -3.74. The van der Waals surface area contributed by atoms with Crippen molar-refractivity contribution in [3.05, 3.63) is 93.8 Å². The molecule has 0 spiro atoms. The van der Waals surface area contributed by atoms with Crippen molar-refractivity contribution in [2.75, 3.05) is 12.8 Å². The molecule has 3 aromatic rings. The third-order valence-electron chi connectivity index (χ3n) is 4.38. The van der Waals surface area contributed by atoms with Gasteiger partial charge in [-0.1, -0.05) is 54.6 Å². The molecule has 0 aromatic heterocycles. The quantitative estimate of drug-likeness (QED) is 0.408. The summed E-state index contributed by atoms with van der Waals surface area (Å²) in [5.41, 5.74) is 7.51. The third kappa shape index (κ3) is 3.98. The Labute approximate surface area is 161 Å². The SMILES string of the molecule is CN(Cc1ccc(-c2ccccc2)cc1)C(=O)c1cc(F)cc([N+](=O)[O-])c1N. The van der Waals surface area contributed by atoms with Gasteiger partial charge in [0.2, 0.25) is 0 Å². The van der Waals surface area contributed by atoms with E-state index in [4.69, 9.17) is 5.73 Å². The largest absolute Gasteiger partial charge is 0.393 e. The summed E-state index contributed by atoms with van der Waals surface area (Å²) in [7, 11) is 1.53. The summed E-state index contributed by atoms with van der Waals surface area (Å²) in [5, 5.41) is 11.0. The van der Waals surface area contributed by atoms with Gasteiger partial charge >= 0.3 is 0 Å². The molecule has 3 rings (SSSR count). The van der Waals surface area contributed by atoms with E-state index >= 15 is 0 Å². The number of carbonyl (C=O) groups excluding carboxylic acids is 1. The summed E-state index contributed by atoms with van der Waals surface area (Å²) in [6.45, 7) is 0.248. The average molecular weight is 379 g/mol. The summed E-state index contributed by atoms with van der Waals surface area (Å²) >= 11 is 0. The summed E-state index contributed by atoms with van der Waals surface area (Å²) in [6.07, 6.45) is 0. The van der Waals surface area contributed by atoms with Gasteiger partial charge in [0.05, 0.1) is 16.6 Å². The zero-order chi connectivity index (χ0) is 20.3. The number of nitrogen functional groups attached to an aromatic ring is 1. The van der Waals surface area contributed by atoms with Gasteiger partial charge in [-0.05, 0) is 22.8 Å². The van der Waals surface area contributed by atoms with E-state index in [1.165, 1.54) is 11.9 Å². The van der Waals surface area contributed by atoms with Gasteiger partial charge in [0.1, 0.15) is 11.5 Å². The predicted octanol–water partition coefficient (Wildman–Crippen LogP) is 4.26. The fraction of sp³-hybridized carbons (Fsp3) is 0.0952. The maximum absolute atomic E-state index is 13.7. The number of nitrogens with two attached hydrogens (primary N) is 1. The molecule has 0 aliphatic rings. The van der Waals surface area contributed by atoms with Crippen molar-refractivity contribution in [2.45, 2.75) is 6.54 Å². The average Bonchev–Trinajstić information content (AvgIpc) is 2.70. The van der Waals surface area contributed by atoms with Gasteiger partial charge in [0.15, 0.2) is 0 Å². The van der Waals surface area contributed by atoms with Crippen LogP contribution in [0.3, 0.4) is 0 Å². The Kier molecular flexibility index (Phi) is 5.35. The first-order valence-corrected chi connectivity index (χ1v) is 8.50. The lowest BCUT2D eigenvalue weighted by Crippen LogP contribution is -2.27. The van der Waals surface area contributed by atoms with E-state index in [-0.39, 0.29) is 17.8 Å². The Morgan fingerprint density at radius 2 is 1.68 bits per heavy atom. The van der Waals surface area contributed by atoms with E-state index in [1.54, 1.807) is 0 Å². The normalized spacial score (nSPS) is 10.5. The van der Waals surface area contributed by atoms with Crippen LogP contribution in [0.25, 0.3) is 11.1 Å². The van der Waals surface area contributed by atoms with Crippen molar-refractivity contribution in [3.63, 3.8) is 0 Å². The van der Waals surface area contributed by atoms with Crippen molar-refractivity contribution >= 4 is 17.3 Å². The van der Waals surface area contributed by atoms with E-state index in [0.29, 0.717) is 6.07 Å². The van der Waals surface area contributed by atoms with E-state index in [2.05, 4.69) is 0 Å². The van der Waals surface area contributed by atoms with Crippen LogP contribution in [0.4, 0.5) is 15.8 Å². The van der Waals surface area contributed by atoms with Crippen LogP contribution >= 0.6 is 0 Å². The molecule has 3 aromatic carbocycles. The number of rotatable bonds is 5. The van der Waals surface area contributed by atoms with Gasteiger partial charge < -0.3 is 10.6 Å². The topological polar surface area (TPSA) is 89.5 Å². The summed E-state index contributed by atoms with van der Waals surface area (Å²) in [5.74, 6) is -1.47. The summed E-state index contributed by atoms with van der Waals surface area (Å²) < 4.78 is 13.7. The molecule has 0 aliphatic heterocycles. The lowest BCUT2D eigenvalue weighted by molar-refractivity contribution is -0.384. The summed E-state index contributed by atoms with van der Waals surface area (Å²) in [4.78, 5) is 24.2. The number of carbonyl (C=O) groups is 1. The monoisotopic (exact) mass is 379 g/mol. The molecule has 0 bridgehead atoms. The Morgan fingerprint density at radius 1 is 1.07 bits per heavy atom. The molecular weight excluding hydrogens is 361 g/mol. The van der Waals surface area contributed by atoms with Crippen LogP contribution < -0.4 is 5.73 Å². The van der Waals surface area contributed by atoms with Crippen molar-refractivity contribution in [1.82, 2.24) is 4.90 Å². The number of nitro groups is 1. The van der Waals surface area contributed by atoms with Crippen molar-refractivity contribution in [2.24, 2.45) is 0 Å². The minimum absolute atomic E-state index is 0.227. The molecule has 1 amide bonds. The lowest BCUT2D eigenvalue weighted by Gasteiger charge is -2.18. The molecule has 0 heterocycles. The summed E-state index contributed by atoms with van der Waals surface area (Å²) in [6, 6.07) is 19.2. The number of halogens is 1. The first-order chi connectivity index (χ1) is 13.4. The fourth-order valence-corrected chi connectivity index (χ4v) is 2.92. The maximum atomic E-state index is 13.7. The molecule has 28 heavy (non-hydrogen) atoms. The van der Waals surface area contributed by atoms with Gasteiger partial charge in [-0.15, -0.1) is 0 Å². The molecule has 2 N–H and O–H groups in total. The molecular formula is C21H18FN3O3. The standard InChI is InChI=1S/C21H18FN3O3/c1-24(21(26)18-11-17(22)12-19(20(18)23)25(27)28)13-14-7-9-16(10-8-14)15-5-3-2-4-6-15/h2-12H,13,23H2,1H3. The highest BCUT2D eigenvalue weighted by atomic mass is 19.1. The molecule has 0 saturated heterocycles. The first-order valence-electron chi connectivity index (χ1n) is 8.50. The van der Waals surface area contributed by atoms with Crippen LogP contribution in [-0.2, 0) is 6.54 Å². The first kappa shape index (κ1) is 19.0. The zero-order valence-corrected chi connectivity index (χ0v) is 15.1. The molecule has 0 unspecified atom stereocenters. The predicted molar refractivity (Wildman–Crippen MR) is 105 cm³/mol. The molecule has 0 fully saturated rings. The second kappa shape index (κ2) is 7.87. The van der Waals surface area contributed by atoms with E-state index < -0.39 is 22.3 Å². The van der Waals surface area contributed by atoms with Crippen LogP contribution in [0.1, 0.15) is 15.9 Å². The number of hydrogen-bond acceptors (Lipinski definition) is 4. The number of benzene rings is 3. The van der Waals surface area contributed by atoms with Crippen molar-refractivity contribution in [1.29, 1.82) is 0 Å². The number of nitro benzene ring substituents is 1. The van der Waals surface area contributed by atoms with Gasteiger partial charge in [-0.3, -0.25) is 14.9 Å². The Morgan fingerprint density at radius 3 is 2.29 bits per heavy atom. The van der Waals surface area contributed by atoms with Crippen molar-refractivity contribution in [3.8, 4) is 11.1 Å². The highest BCUT2D eigenvalue weighted by Gasteiger charge is 2.23. The second-order valence-corrected chi connectivity index (χ2v) is 6.37. The molecule has 0 radical (unpaired) electrons. The molecule has 6 nitrogen and oxygen atoms in total. The van der Waals surface area contributed by atoms with Gasteiger partial charge in [-0.25, -0.2) is 4.39 Å². The second-order valence-electron chi connectivity index (χ2n) is 6.37. The molecule has 0 aliphatic carbocycles. The highest BCUT2D eigenvalue weighted by Crippen LogP contribution is 2.28. The molecule has 0 atom stereocenters. The highest BCUT2D eigenvalue weighted by molar-refractivity contribution is 6.00. The van der Waals surface area contributed by atoms with Crippen LogP contribution in [0.2, 0.25) is 0 Å². The Balaban J connectivity index is 1.79. The molecule has 7 heteroatoms. The van der Waals surface area contributed by atoms with Gasteiger partial charge in [-0.2, -0.15) is 0 Å². The van der Waals surface area contributed by atoms with Crippen molar-refractivity contribution < 1.29 is 14.1 Å². The van der Waals surface area contributed by atoms with Crippen LogP contribution in [-0.4, -0.2) is 22.8 Å². The van der Waals surface area contributed by atoms with E-state index in [1.807, 2.05) is 54.6 Å². The lowest BCUT2D eigenvalue weighted by atomic mass is 10.0. The number of anilines is 1. The smallest absolute Gasteiger partial charge is 0.295 e. The number of nitrogens with zero attached hydrogens (tertiary/aromatic N) is 2. The maximum Gasteiger partial charge on any atom is 0.295 e. The molecule has 142 valence electrons. The zero-order valence-electron chi connectivity index (χ0n) is 15.1. The fourth-order valence-electron chi connectivity index (χ4n) is 2.92. The van der Waals surface area contributed by atoms with E-state index in [9.17, 15) is 19.3 Å². The van der Waals surface area contributed by atoms with Gasteiger partial charge in [0.25, 0.3) is 11.6 Å². The van der Waals surface area contributed by atoms with Gasteiger partial charge in [0, 0.05) is 13.6 Å². The molecule has 0 saturated carbocycles. The van der Waals surface area contributed by atoms with Crippen LogP contribution in [0.15, 0.2) is 66.7 Å². The minimum Gasteiger partial charge on any atom is -0.393 e. The third-order valence-corrected chi connectivity index (χ3v) is 4.38.